The van der Waals surface area contributed by atoms with Crippen LogP contribution in [0.3, 0.4) is 0 Å². The molecule has 0 bridgehead atoms. The normalized spacial score (nSPS) is 12.2. The molecule has 0 fully saturated rings. The van der Waals surface area contributed by atoms with Gasteiger partial charge in [-0.3, -0.25) is 4.79 Å². The predicted molar refractivity (Wildman–Crippen MR) is 77.9 cm³/mol. The largest absolute Gasteiger partial charge is 0.293 e. The fourth-order valence-electron chi connectivity index (χ4n) is 1.78. The molecule has 1 unspecified atom stereocenters. The number of Topliss-reactive ketones (excluding diaryl/α,β-unsaturated/α-hetero) is 1. The fraction of sp³-hybridized carbons (Fsp3) is 0.188. The van der Waals surface area contributed by atoms with E-state index in [0.29, 0.717) is 5.75 Å². The summed E-state index contributed by atoms with van der Waals surface area (Å²) in [5.41, 5.74) is 1.05. The molecule has 0 N–H and O–H groups in total. The zero-order valence-electron chi connectivity index (χ0n) is 11.0. The topological polar surface area (TPSA) is 17.1 Å². The Morgan fingerprint density at radius 1 is 1.15 bits per heavy atom. The first-order valence-corrected chi connectivity index (χ1v) is 7.27. The molecule has 0 heterocycles. The Hall–Kier alpha value is -1.68. The van der Waals surface area contributed by atoms with Gasteiger partial charge in [-0.05, 0) is 24.6 Å². The molecular weight excluding hydrogens is 278 g/mol. The summed E-state index contributed by atoms with van der Waals surface area (Å²) < 4.78 is 26.4. The molecule has 0 amide bonds. The van der Waals surface area contributed by atoms with E-state index < -0.39 is 11.6 Å². The maximum atomic E-state index is 13.6. The van der Waals surface area contributed by atoms with Crippen molar-refractivity contribution in [2.24, 2.45) is 0 Å². The molecular formula is C16H14F2OS. The Bertz CT molecular complexity index is 599. The minimum Gasteiger partial charge on any atom is -0.293 e. The third kappa shape index (κ3) is 3.67. The van der Waals surface area contributed by atoms with Crippen molar-refractivity contribution < 1.29 is 13.6 Å². The third-order valence-corrected chi connectivity index (χ3v) is 4.12. The van der Waals surface area contributed by atoms with Gasteiger partial charge in [-0.1, -0.05) is 30.3 Å². The summed E-state index contributed by atoms with van der Waals surface area (Å²) in [5.74, 6) is -1.12. The lowest BCUT2D eigenvalue weighted by Crippen LogP contribution is -2.15. The van der Waals surface area contributed by atoms with Crippen LogP contribution in [-0.4, -0.2) is 11.0 Å². The number of hydrogen-bond donors (Lipinski definition) is 0. The van der Waals surface area contributed by atoms with E-state index >= 15 is 0 Å². The molecule has 0 radical (unpaired) electrons. The van der Waals surface area contributed by atoms with Crippen LogP contribution in [0.4, 0.5) is 8.78 Å². The van der Waals surface area contributed by atoms with Crippen LogP contribution in [0.2, 0.25) is 0 Å². The molecule has 0 spiro atoms. The Morgan fingerprint density at radius 2 is 1.85 bits per heavy atom. The minimum atomic E-state index is -0.804. The summed E-state index contributed by atoms with van der Waals surface area (Å²) in [4.78, 5) is 12.1. The molecule has 0 aliphatic rings. The Labute approximate surface area is 121 Å². The van der Waals surface area contributed by atoms with Crippen LogP contribution in [0.5, 0.6) is 0 Å². The van der Waals surface area contributed by atoms with E-state index in [1.54, 1.807) is 6.92 Å². The molecule has 20 heavy (non-hydrogen) atoms. The van der Waals surface area contributed by atoms with Gasteiger partial charge >= 0.3 is 0 Å². The van der Waals surface area contributed by atoms with Crippen molar-refractivity contribution >= 4 is 17.5 Å². The molecule has 2 aromatic carbocycles. The molecule has 1 nitrogen and oxygen atoms in total. The molecule has 4 heteroatoms. The van der Waals surface area contributed by atoms with Crippen LogP contribution < -0.4 is 0 Å². The van der Waals surface area contributed by atoms with Crippen molar-refractivity contribution in [1.29, 1.82) is 0 Å². The van der Waals surface area contributed by atoms with Gasteiger partial charge in [0.05, 0.1) is 10.8 Å². The zero-order valence-corrected chi connectivity index (χ0v) is 11.8. The second-order valence-electron chi connectivity index (χ2n) is 4.43. The lowest BCUT2D eigenvalue weighted by Gasteiger charge is -2.11. The average molecular weight is 292 g/mol. The maximum absolute atomic E-state index is 13.6. The SMILES string of the molecule is CC(SCc1ccccc1)C(=O)c1ccc(F)cc1F. The van der Waals surface area contributed by atoms with E-state index in [4.69, 9.17) is 0 Å². The minimum absolute atomic E-state index is 0.0561. The number of rotatable bonds is 5. The predicted octanol–water partition coefficient (Wildman–Crippen LogP) is 4.47. The van der Waals surface area contributed by atoms with E-state index in [1.807, 2.05) is 30.3 Å². The van der Waals surface area contributed by atoms with Gasteiger partial charge in [0.2, 0.25) is 0 Å². The lowest BCUT2D eigenvalue weighted by molar-refractivity contribution is 0.0990. The highest BCUT2D eigenvalue weighted by molar-refractivity contribution is 7.99. The monoisotopic (exact) mass is 292 g/mol. The molecule has 0 aliphatic heterocycles. The first-order valence-electron chi connectivity index (χ1n) is 6.22. The summed E-state index contributed by atoms with van der Waals surface area (Å²) in [7, 11) is 0. The molecule has 0 saturated heterocycles. The van der Waals surface area contributed by atoms with Crippen molar-refractivity contribution in [3.05, 3.63) is 71.3 Å². The highest BCUT2D eigenvalue weighted by Gasteiger charge is 2.19. The quantitative estimate of drug-likeness (QED) is 0.756. The van der Waals surface area contributed by atoms with Gasteiger partial charge in [-0.2, -0.15) is 0 Å². The van der Waals surface area contributed by atoms with E-state index in [2.05, 4.69) is 0 Å². The summed E-state index contributed by atoms with van der Waals surface area (Å²) in [6.45, 7) is 1.73. The molecule has 1 atom stereocenters. The van der Waals surface area contributed by atoms with Gasteiger partial charge < -0.3 is 0 Å². The molecule has 0 saturated carbocycles. The molecule has 2 rings (SSSR count). The number of ketones is 1. The standard InChI is InChI=1S/C16H14F2OS/c1-11(20-10-12-5-3-2-4-6-12)16(19)14-8-7-13(17)9-15(14)18/h2-9,11H,10H2,1H3. The van der Waals surface area contributed by atoms with E-state index in [1.165, 1.54) is 17.8 Å². The number of thioether (sulfide) groups is 1. The Balaban J connectivity index is 2.01. The number of carbonyl (C=O) groups excluding carboxylic acids is 1. The second-order valence-corrected chi connectivity index (χ2v) is 5.76. The zero-order chi connectivity index (χ0) is 14.5. The van der Waals surface area contributed by atoms with Gasteiger partial charge in [0, 0.05) is 11.8 Å². The summed E-state index contributed by atoms with van der Waals surface area (Å²) in [6, 6.07) is 12.8. The first-order chi connectivity index (χ1) is 9.58. The van der Waals surface area contributed by atoms with Crippen molar-refractivity contribution in [3.8, 4) is 0 Å². The Morgan fingerprint density at radius 3 is 2.50 bits per heavy atom. The fourth-order valence-corrected chi connectivity index (χ4v) is 2.69. The van der Waals surface area contributed by atoms with Gasteiger partial charge in [0.25, 0.3) is 0 Å². The van der Waals surface area contributed by atoms with Crippen molar-refractivity contribution in [1.82, 2.24) is 0 Å². The second kappa shape index (κ2) is 6.66. The van der Waals surface area contributed by atoms with Crippen molar-refractivity contribution in [2.45, 2.75) is 17.9 Å². The Kier molecular flexibility index (Phi) is 4.90. The summed E-state index contributed by atoms with van der Waals surface area (Å²) >= 11 is 1.44. The maximum Gasteiger partial charge on any atom is 0.178 e. The molecule has 0 aromatic heterocycles. The molecule has 104 valence electrons. The van der Waals surface area contributed by atoms with Crippen LogP contribution in [0, 0.1) is 11.6 Å². The van der Waals surface area contributed by atoms with Crippen LogP contribution in [-0.2, 0) is 5.75 Å². The van der Waals surface area contributed by atoms with Crippen LogP contribution in [0.1, 0.15) is 22.8 Å². The average Bonchev–Trinajstić information content (AvgIpc) is 2.45. The van der Waals surface area contributed by atoms with Crippen LogP contribution >= 0.6 is 11.8 Å². The number of halogens is 2. The summed E-state index contributed by atoms with van der Waals surface area (Å²) in [6.07, 6.45) is 0. The molecule has 0 aliphatic carbocycles. The number of benzene rings is 2. The number of hydrogen-bond acceptors (Lipinski definition) is 2. The van der Waals surface area contributed by atoms with Gasteiger partial charge in [0.15, 0.2) is 5.78 Å². The van der Waals surface area contributed by atoms with Gasteiger partial charge in [-0.15, -0.1) is 11.8 Å². The van der Waals surface area contributed by atoms with Crippen LogP contribution in [0.25, 0.3) is 0 Å². The smallest absolute Gasteiger partial charge is 0.178 e. The van der Waals surface area contributed by atoms with Gasteiger partial charge in [0.1, 0.15) is 11.6 Å². The molecule has 2 aromatic rings. The lowest BCUT2D eigenvalue weighted by atomic mass is 10.1. The number of carbonyl (C=O) groups is 1. The van der Waals surface area contributed by atoms with E-state index in [-0.39, 0.29) is 16.6 Å². The van der Waals surface area contributed by atoms with Gasteiger partial charge in [-0.25, -0.2) is 8.78 Å². The highest BCUT2D eigenvalue weighted by atomic mass is 32.2. The summed E-state index contributed by atoms with van der Waals surface area (Å²) in [5, 5.41) is -0.379. The highest BCUT2D eigenvalue weighted by Crippen LogP contribution is 2.22. The van der Waals surface area contributed by atoms with E-state index in [9.17, 15) is 13.6 Å². The first kappa shape index (κ1) is 14.7. The van der Waals surface area contributed by atoms with E-state index in [0.717, 1.165) is 17.7 Å². The van der Waals surface area contributed by atoms with Crippen molar-refractivity contribution in [2.75, 3.05) is 0 Å². The van der Waals surface area contributed by atoms with Crippen molar-refractivity contribution in [3.63, 3.8) is 0 Å². The van der Waals surface area contributed by atoms with Crippen LogP contribution in [0.15, 0.2) is 48.5 Å². The third-order valence-electron chi connectivity index (χ3n) is 2.91.